The zero-order chi connectivity index (χ0) is 16.6. The topological polar surface area (TPSA) is 72.4 Å². The first-order chi connectivity index (χ1) is 11.0. The Labute approximate surface area is 132 Å². The summed E-state index contributed by atoms with van der Waals surface area (Å²) < 4.78 is 6.82. The first-order valence-electron chi connectivity index (χ1n) is 7.07. The fraction of sp³-hybridized carbons (Fsp3) is 0.111. The summed E-state index contributed by atoms with van der Waals surface area (Å²) >= 11 is 0. The van der Waals surface area contributed by atoms with E-state index < -0.39 is 11.4 Å². The number of para-hydroxylation sites is 1. The molecule has 0 aliphatic heterocycles. The van der Waals surface area contributed by atoms with Gasteiger partial charge >= 0.3 is 5.63 Å². The minimum absolute atomic E-state index is 0.252. The molecule has 2 aromatic heterocycles. The Morgan fingerprint density at radius 3 is 2.78 bits per heavy atom. The Hall–Kier alpha value is -3.08. The number of ketones is 1. The highest BCUT2D eigenvalue weighted by molar-refractivity contribution is 6.09. The number of aryl methyl sites for hydroxylation is 2. The second-order valence-corrected chi connectivity index (χ2v) is 5.31. The molecule has 0 spiro atoms. The summed E-state index contributed by atoms with van der Waals surface area (Å²) in [4.78, 5) is 23.9. The Kier molecular flexibility index (Phi) is 3.62. The Morgan fingerprint density at radius 1 is 1.30 bits per heavy atom. The average molecular weight is 309 g/mol. The van der Waals surface area contributed by atoms with Gasteiger partial charge in [-0.25, -0.2) is 4.79 Å². The first-order valence-corrected chi connectivity index (χ1v) is 7.07. The van der Waals surface area contributed by atoms with Crippen LogP contribution in [0.4, 0.5) is 0 Å². The Bertz CT molecular complexity index is 992. The van der Waals surface area contributed by atoms with Gasteiger partial charge in [-0.3, -0.25) is 4.79 Å². The van der Waals surface area contributed by atoms with E-state index >= 15 is 0 Å². The van der Waals surface area contributed by atoms with E-state index in [9.17, 15) is 14.7 Å². The van der Waals surface area contributed by atoms with Crippen LogP contribution in [0.2, 0.25) is 0 Å². The number of allylic oxidation sites excluding steroid dienone is 1. The quantitative estimate of drug-likeness (QED) is 0.596. The van der Waals surface area contributed by atoms with Crippen LogP contribution in [0.5, 0.6) is 5.75 Å². The van der Waals surface area contributed by atoms with Gasteiger partial charge in [0, 0.05) is 35.8 Å². The minimum Gasteiger partial charge on any atom is -0.507 e. The second kappa shape index (κ2) is 5.61. The molecule has 0 aliphatic rings. The Morgan fingerprint density at radius 2 is 2.04 bits per heavy atom. The first kappa shape index (κ1) is 14.8. The van der Waals surface area contributed by atoms with Gasteiger partial charge in [0.25, 0.3) is 0 Å². The molecule has 116 valence electrons. The van der Waals surface area contributed by atoms with Crippen molar-refractivity contribution in [1.82, 2.24) is 4.57 Å². The fourth-order valence-corrected chi connectivity index (χ4v) is 2.58. The molecule has 3 aromatic rings. The van der Waals surface area contributed by atoms with E-state index in [0.717, 1.165) is 16.5 Å². The van der Waals surface area contributed by atoms with Gasteiger partial charge in [-0.15, -0.1) is 0 Å². The zero-order valence-electron chi connectivity index (χ0n) is 12.7. The Balaban J connectivity index is 2.00. The van der Waals surface area contributed by atoms with Crippen molar-refractivity contribution in [2.45, 2.75) is 6.92 Å². The van der Waals surface area contributed by atoms with Crippen LogP contribution in [0, 0.1) is 6.92 Å². The predicted molar refractivity (Wildman–Crippen MR) is 87.7 cm³/mol. The van der Waals surface area contributed by atoms with Crippen molar-refractivity contribution in [1.29, 1.82) is 0 Å². The van der Waals surface area contributed by atoms with Crippen LogP contribution in [-0.4, -0.2) is 15.5 Å². The largest absolute Gasteiger partial charge is 0.507 e. The van der Waals surface area contributed by atoms with Crippen molar-refractivity contribution in [2.75, 3.05) is 0 Å². The zero-order valence-corrected chi connectivity index (χ0v) is 12.7. The lowest BCUT2D eigenvalue weighted by Crippen LogP contribution is -2.12. The molecular formula is C18H15NO4. The standard InChI is InChI=1S/C18H15NO4/c1-11-9-16(21)17(18(22)23-11)15(20)8-7-12-10-19(2)14-6-4-3-5-13(12)14/h3-10,21H,1-2H3/b8-7+. The highest BCUT2D eigenvalue weighted by atomic mass is 16.4. The lowest BCUT2D eigenvalue weighted by atomic mass is 10.1. The van der Waals surface area contributed by atoms with Gasteiger partial charge < -0.3 is 14.1 Å². The van der Waals surface area contributed by atoms with Crippen molar-refractivity contribution in [3.05, 3.63) is 69.9 Å². The monoisotopic (exact) mass is 309 g/mol. The second-order valence-electron chi connectivity index (χ2n) is 5.31. The van der Waals surface area contributed by atoms with Gasteiger partial charge in [0.15, 0.2) is 5.78 Å². The van der Waals surface area contributed by atoms with E-state index in [1.54, 1.807) is 6.08 Å². The number of fused-ring (bicyclic) bond motifs is 1. The van der Waals surface area contributed by atoms with E-state index in [4.69, 9.17) is 4.42 Å². The van der Waals surface area contributed by atoms with Crippen molar-refractivity contribution in [3.63, 3.8) is 0 Å². The van der Waals surface area contributed by atoms with Gasteiger partial charge in [0.05, 0.1) is 0 Å². The number of carbonyl (C=O) groups excluding carboxylic acids is 1. The third-order valence-electron chi connectivity index (χ3n) is 3.64. The van der Waals surface area contributed by atoms with Gasteiger partial charge in [0.1, 0.15) is 17.1 Å². The van der Waals surface area contributed by atoms with Crippen molar-refractivity contribution in [2.24, 2.45) is 7.05 Å². The lowest BCUT2D eigenvalue weighted by Gasteiger charge is -1.99. The van der Waals surface area contributed by atoms with Gasteiger partial charge in [-0.1, -0.05) is 18.2 Å². The molecule has 0 bridgehead atoms. The molecule has 0 unspecified atom stereocenters. The van der Waals surface area contributed by atoms with Crippen LogP contribution in [0.1, 0.15) is 21.7 Å². The number of benzene rings is 1. The molecule has 23 heavy (non-hydrogen) atoms. The third-order valence-corrected chi connectivity index (χ3v) is 3.64. The molecular weight excluding hydrogens is 294 g/mol. The van der Waals surface area contributed by atoms with Crippen LogP contribution in [-0.2, 0) is 7.05 Å². The molecule has 0 aliphatic carbocycles. The van der Waals surface area contributed by atoms with Gasteiger partial charge in [-0.05, 0) is 25.1 Å². The average Bonchev–Trinajstić information content (AvgIpc) is 2.81. The number of rotatable bonds is 3. The number of carbonyl (C=O) groups is 1. The third kappa shape index (κ3) is 2.68. The molecule has 5 heteroatoms. The smallest absolute Gasteiger partial charge is 0.351 e. The molecule has 2 heterocycles. The van der Waals surface area contributed by atoms with Crippen molar-refractivity contribution >= 4 is 22.8 Å². The normalized spacial score (nSPS) is 11.4. The summed E-state index contributed by atoms with van der Waals surface area (Å²) in [5.41, 5.74) is 0.701. The van der Waals surface area contributed by atoms with Crippen molar-refractivity contribution in [3.8, 4) is 5.75 Å². The SMILES string of the molecule is Cc1cc(O)c(C(=O)/C=C/c2cn(C)c3ccccc23)c(=O)o1. The van der Waals surface area contributed by atoms with Crippen molar-refractivity contribution < 1.29 is 14.3 Å². The number of hydrogen-bond donors (Lipinski definition) is 1. The molecule has 0 amide bonds. The molecule has 0 atom stereocenters. The number of aromatic nitrogens is 1. The number of hydrogen-bond acceptors (Lipinski definition) is 4. The summed E-state index contributed by atoms with van der Waals surface area (Å²) in [5.74, 6) is -0.711. The number of aromatic hydroxyl groups is 1. The molecule has 1 aromatic carbocycles. The maximum absolute atomic E-state index is 12.2. The molecule has 1 N–H and O–H groups in total. The predicted octanol–water partition coefficient (Wildman–Crippen LogP) is 3.04. The van der Waals surface area contributed by atoms with Crippen LogP contribution >= 0.6 is 0 Å². The molecule has 0 saturated carbocycles. The van der Waals surface area contributed by atoms with Crippen LogP contribution in [0.3, 0.4) is 0 Å². The van der Waals surface area contributed by atoms with Crippen LogP contribution < -0.4 is 5.63 Å². The maximum Gasteiger partial charge on any atom is 0.351 e. The van der Waals surface area contributed by atoms with E-state index in [1.165, 1.54) is 19.1 Å². The fourth-order valence-electron chi connectivity index (χ4n) is 2.58. The summed E-state index contributed by atoms with van der Waals surface area (Å²) in [6.07, 6.45) is 4.79. The van der Waals surface area contributed by atoms with E-state index in [-0.39, 0.29) is 17.1 Å². The number of nitrogens with zero attached hydrogens (tertiary/aromatic N) is 1. The van der Waals surface area contributed by atoms with E-state index in [1.807, 2.05) is 42.1 Å². The van der Waals surface area contributed by atoms with Crippen LogP contribution in [0.15, 0.2) is 51.8 Å². The van der Waals surface area contributed by atoms with E-state index in [0.29, 0.717) is 0 Å². The lowest BCUT2D eigenvalue weighted by molar-refractivity contribution is 0.104. The maximum atomic E-state index is 12.2. The summed E-state index contributed by atoms with van der Waals surface area (Å²) in [5, 5.41) is 10.8. The van der Waals surface area contributed by atoms with Gasteiger partial charge in [0.2, 0.25) is 0 Å². The molecule has 0 saturated heterocycles. The molecule has 3 rings (SSSR count). The van der Waals surface area contributed by atoms with E-state index in [2.05, 4.69) is 0 Å². The minimum atomic E-state index is -0.838. The van der Waals surface area contributed by atoms with Gasteiger partial charge in [-0.2, -0.15) is 0 Å². The van der Waals surface area contributed by atoms with Crippen LogP contribution in [0.25, 0.3) is 17.0 Å². The highest BCUT2D eigenvalue weighted by Gasteiger charge is 2.16. The highest BCUT2D eigenvalue weighted by Crippen LogP contribution is 2.22. The molecule has 0 fully saturated rings. The summed E-state index contributed by atoms with van der Waals surface area (Å²) in [6.45, 7) is 1.53. The summed E-state index contributed by atoms with van der Waals surface area (Å²) in [7, 11) is 1.92. The molecule has 5 nitrogen and oxygen atoms in total. The molecule has 0 radical (unpaired) electrons. The summed E-state index contributed by atoms with van der Waals surface area (Å²) in [6, 6.07) is 9.05.